The summed E-state index contributed by atoms with van der Waals surface area (Å²) in [5.41, 5.74) is 1.16. The molecule has 8 nitrogen and oxygen atoms in total. The molecule has 1 N–H and O–H groups in total. The maximum absolute atomic E-state index is 12.8. The molecule has 1 aromatic heterocycles. The Hall–Kier alpha value is -3.21. The molecule has 0 aromatic carbocycles. The minimum atomic E-state index is -0.806. The van der Waals surface area contributed by atoms with E-state index in [0.717, 1.165) is 6.42 Å². The van der Waals surface area contributed by atoms with Crippen molar-refractivity contribution in [3.8, 4) is 6.07 Å². The second kappa shape index (κ2) is 9.53. The summed E-state index contributed by atoms with van der Waals surface area (Å²) in [6.07, 6.45) is 4.68. The van der Waals surface area contributed by atoms with Crippen LogP contribution < -0.4 is 4.90 Å². The predicted octanol–water partition coefficient (Wildman–Crippen LogP) is 2.53. The fraction of sp³-hybridized carbons (Fsp3) is 0.500. The summed E-state index contributed by atoms with van der Waals surface area (Å²) >= 11 is 0. The quantitative estimate of drug-likeness (QED) is 0.517. The lowest BCUT2D eigenvalue weighted by Gasteiger charge is -2.32. The lowest BCUT2D eigenvalue weighted by Crippen LogP contribution is -2.37. The van der Waals surface area contributed by atoms with Crippen LogP contribution in [0.1, 0.15) is 60.1 Å². The molecule has 158 valence electrons. The summed E-state index contributed by atoms with van der Waals surface area (Å²) in [5, 5.41) is 18.9. The molecule has 2 aliphatic heterocycles. The molecule has 2 fully saturated rings. The van der Waals surface area contributed by atoms with Gasteiger partial charge in [0.05, 0.1) is 23.7 Å². The fourth-order valence-electron chi connectivity index (χ4n) is 3.98. The van der Waals surface area contributed by atoms with E-state index in [1.807, 2.05) is 4.90 Å². The number of ketones is 1. The van der Waals surface area contributed by atoms with Crippen molar-refractivity contribution in [3.05, 3.63) is 35.5 Å². The molecule has 0 unspecified atom stereocenters. The Labute approximate surface area is 175 Å². The molecule has 8 heteroatoms. The molecule has 3 rings (SSSR count). The standard InChI is InChI=1S/C22H26N4O4/c1-2-3-5-19(27)17-12-16(13-23)21(25-10-7-15(8-11-25)22(29)30)24-18(17)14-26-9-4-6-20(26)28/h2,12,15H,1,3-11,14H2,(H,29,30). The molecule has 0 spiro atoms. The van der Waals surface area contributed by atoms with E-state index >= 15 is 0 Å². The third kappa shape index (κ3) is 4.67. The number of anilines is 1. The Balaban J connectivity index is 1.94. The maximum Gasteiger partial charge on any atom is 0.306 e. The minimum absolute atomic E-state index is 0.0365. The van der Waals surface area contributed by atoms with E-state index in [4.69, 9.17) is 0 Å². The summed E-state index contributed by atoms with van der Waals surface area (Å²) in [6.45, 7) is 5.46. The second-order valence-corrected chi connectivity index (χ2v) is 7.73. The number of carbonyl (C=O) groups is 3. The smallest absolute Gasteiger partial charge is 0.306 e. The van der Waals surface area contributed by atoms with Crippen LogP contribution in [-0.2, 0) is 16.1 Å². The van der Waals surface area contributed by atoms with Crippen LogP contribution in [0.25, 0.3) is 0 Å². The number of aliphatic carboxylic acids is 1. The average Bonchev–Trinajstić information content (AvgIpc) is 3.16. The number of carbonyl (C=O) groups excluding carboxylic acids is 2. The highest BCUT2D eigenvalue weighted by atomic mass is 16.4. The average molecular weight is 410 g/mol. The van der Waals surface area contributed by atoms with E-state index in [1.165, 1.54) is 0 Å². The van der Waals surface area contributed by atoms with Crippen LogP contribution in [0.2, 0.25) is 0 Å². The monoisotopic (exact) mass is 410 g/mol. The van der Waals surface area contributed by atoms with Crippen molar-refractivity contribution in [3.63, 3.8) is 0 Å². The van der Waals surface area contributed by atoms with Gasteiger partial charge in [-0.1, -0.05) is 6.08 Å². The number of hydrogen-bond donors (Lipinski definition) is 1. The Morgan fingerprint density at radius 3 is 2.63 bits per heavy atom. The summed E-state index contributed by atoms with van der Waals surface area (Å²) in [4.78, 5) is 44.4. The molecular weight excluding hydrogens is 384 g/mol. The Kier molecular flexibility index (Phi) is 6.83. The van der Waals surface area contributed by atoms with Crippen molar-refractivity contribution < 1.29 is 19.5 Å². The molecule has 3 heterocycles. The number of likely N-dealkylation sites (tertiary alicyclic amines) is 1. The molecule has 30 heavy (non-hydrogen) atoms. The van der Waals surface area contributed by atoms with Gasteiger partial charge in [0, 0.05) is 38.0 Å². The first-order chi connectivity index (χ1) is 14.4. The highest BCUT2D eigenvalue weighted by Crippen LogP contribution is 2.28. The van der Waals surface area contributed by atoms with Crippen LogP contribution in [-0.4, -0.2) is 52.3 Å². The molecule has 1 aromatic rings. The van der Waals surface area contributed by atoms with Gasteiger partial charge in [-0.15, -0.1) is 6.58 Å². The van der Waals surface area contributed by atoms with Gasteiger partial charge in [-0.3, -0.25) is 14.4 Å². The maximum atomic E-state index is 12.8. The predicted molar refractivity (Wildman–Crippen MR) is 110 cm³/mol. The number of piperidine rings is 1. The van der Waals surface area contributed by atoms with Gasteiger partial charge in [-0.2, -0.15) is 5.26 Å². The van der Waals surface area contributed by atoms with E-state index in [9.17, 15) is 24.8 Å². The second-order valence-electron chi connectivity index (χ2n) is 7.73. The number of allylic oxidation sites excluding steroid dienone is 1. The molecular formula is C22H26N4O4. The minimum Gasteiger partial charge on any atom is -0.481 e. The van der Waals surface area contributed by atoms with E-state index in [0.29, 0.717) is 68.0 Å². The first-order valence-corrected chi connectivity index (χ1v) is 10.3. The number of nitrogens with zero attached hydrogens (tertiary/aromatic N) is 4. The van der Waals surface area contributed by atoms with Crippen LogP contribution in [0.5, 0.6) is 0 Å². The number of rotatable bonds is 8. The van der Waals surface area contributed by atoms with E-state index in [2.05, 4.69) is 17.6 Å². The van der Waals surface area contributed by atoms with E-state index in [-0.39, 0.29) is 24.7 Å². The normalized spacial score (nSPS) is 17.1. The van der Waals surface area contributed by atoms with E-state index in [1.54, 1.807) is 17.0 Å². The lowest BCUT2D eigenvalue weighted by atomic mass is 9.96. The molecule has 2 aliphatic rings. The van der Waals surface area contributed by atoms with Crippen LogP contribution in [0.15, 0.2) is 18.7 Å². The Bertz CT molecular complexity index is 897. The van der Waals surface area contributed by atoms with Gasteiger partial charge < -0.3 is 14.9 Å². The first-order valence-electron chi connectivity index (χ1n) is 10.3. The van der Waals surface area contributed by atoms with Crippen LogP contribution >= 0.6 is 0 Å². The van der Waals surface area contributed by atoms with Crippen molar-refractivity contribution in [2.45, 2.75) is 45.1 Å². The lowest BCUT2D eigenvalue weighted by molar-refractivity contribution is -0.142. The van der Waals surface area contributed by atoms with Gasteiger partial charge in [-0.25, -0.2) is 4.98 Å². The fourth-order valence-corrected chi connectivity index (χ4v) is 3.98. The van der Waals surface area contributed by atoms with Crippen molar-refractivity contribution in [1.29, 1.82) is 5.26 Å². The molecule has 1 amide bonds. The zero-order valence-electron chi connectivity index (χ0n) is 17.0. The number of pyridine rings is 1. The molecule has 0 saturated carbocycles. The molecule has 0 atom stereocenters. The number of nitriles is 1. The number of hydrogen-bond acceptors (Lipinski definition) is 6. The highest BCUT2D eigenvalue weighted by Gasteiger charge is 2.29. The topological polar surface area (TPSA) is 115 Å². The van der Waals surface area contributed by atoms with Gasteiger partial charge in [0.15, 0.2) is 5.78 Å². The van der Waals surface area contributed by atoms with Crippen molar-refractivity contribution in [2.75, 3.05) is 24.5 Å². The molecule has 0 bridgehead atoms. The first kappa shape index (κ1) is 21.5. The third-order valence-corrected chi connectivity index (χ3v) is 5.73. The zero-order chi connectivity index (χ0) is 21.7. The van der Waals surface area contributed by atoms with Gasteiger partial charge in [0.2, 0.25) is 5.91 Å². The van der Waals surface area contributed by atoms with Gasteiger partial charge in [0.1, 0.15) is 11.9 Å². The highest BCUT2D eigenvalue weighted by molar-refractivity contribution is 5.98. The van der Waals surface area contributed by atoms with Gasteiger partial charge in [0.25, 0.3) is 0 Å². The van der Waals surface area contributed by atoms with Crippen molar-refractivity contribution >= 4 is 23.5 Å². The third-order valence-electron chi connectivity index (χ3n) is 5.73. The summed E-state index contributed by atoms with van der Waals surface area (Å²) in [5.74, 6) is -0.831. The number of Topliss-reactive ketones (excluding diaryl/α,β-unsaturated/α-hetero) is 1. The zero-order valence-corrected chi connectivity index (χ0v) is 17.0. The molecule has 0 aliphatic carbocycles. The summed E-state index contributed by atoms with van der Waals surface area (Å²) < 4.78 is 0. The van der Waals surface area contributed by atoms with Crippen LogP contribution in [0.4, 0.5) is 5.82 Å². The van der Waals surface area contributed by atoms with Gasteiger partial charge >= 0.3 is 5.97 Å². The number of amides is 1. The summed E-state index contributed by atoms with van der Waals surface area (Å²) in [7, 11) is 0. The van der Waals surface area contributed by atoms with Crippen LogP contribution in [0, 0.1) is 17.2 Å². The Morgan fingerprint density at radius 1 is 1.33 bits per heavy atom. The number of aromatic nitrogens is 1. The largest absolute Gasteiger partial charge is 0.481 e. The Morgan fingerprint density at radius 2 is 2.07 bits per heavy atom. The molecule has 2 saturated heterocycles. The number of carboxylic acids is 1. The SMILES string of the molecule is C=CCCC(=O)c1cc(C#N)c(N2CCC(C(=O)O)CC2)nc1CN1CCCC1=O. The van der Waals surface area contributed by atoms with Crippen LogP contribution in [0.3, 0.4) is 0 Å². The van der Waals surface area contributed by atoms with E-state index < -0.39 is 11.9 Å². The number of carboxylic acid groups (broad SMARTS) is 1. The van der Waals surface area contributed by atoms with Crippen molar-refractivity contribution in [2.24, 2.45) is 5.92 Å². The summed E-state index contributed by atoms with van der Waals surface area (Å²) in [6, 6.07) is 3.71. The van der Waals surface area contributed by atoms with Crippen molar-refractivity contribution in [1.82, 2.24) is 9.88 Å². The van der Waals surface area contributed by atoms with Gasteiger partial charge in [-0.05, 0) is 31.7 Å². The molecule has 0 radical (unpaired) electrons.